The Morgan fingerprint density at radius 2 is 2.05 bits per heavy atom. The molecule has 1 aromatic carbocycles. The van der Waals surface area contributed by atoms with E-state index in [0.717, 1.165) is 18.9 Å². The third-order valence-corrected chi connectivity index (χ3v) is 7.03. The van der Waals surface area contributed by atoms with Gasteiger partial charge in [0.2, 0.25) is 0 Å². The smallest absolute Gasteiger partial charge is 0.405 e. The number of nitrogens with one attached hydrogen (secondary N) is 1. The third kappa shape index (κ3) is 4.22. The van der Waals surface area contributed by atoms with E-state index >= 15 is 0 Å². The van der Waals surface area contributed by atoms with Crippen LogP contribution in [0.3, 0.4) is 0 Å². The number of carbonyl (C=O) groups excluding carboxylic acids is 2. The number of aromatic nitrogens is 3. The number of rotatable bonds is 6. The molecule has 2 aliphatic heterocycles. The molecule has 0 spiro atoms. The van der Waals surface area contributed by atoms with Crippen LogP contribution in [0.2, 0.25) is 0 Å². The van der Waals surface area contributed by atoms with Crippen molar-refractivity contribution < 1.29 is 32.2 Å². The summed E-state index contributed by atoms with van der Waals surface area (Å²) in [7, 11) is 0. The highest BCUT2D eigenvalue weighted by Gasteiger charge is 2.42. The zero-order chi connectivity index (χ0) is 26.1. The molecule has 37 heavy (non-hydrogen) atoms. The Morgan fingerprint density at radius 3 is 2.70 bits per heavy atom. The van der Waals surface area contributed by atoms with Crippen molar-refractivity contribution in [3.8, 4) is 17.0 Å². The van der Waals surface area contributed by atoms with Gasteiger partial charge in [-0.25, -0.2) is 9.50 Å². The Balaban J connectivity index is 1.41. The summed E-state index contributed by atoms with van der Waals surface area (Å²) < 4.78 is 50.7. The van der Waals surface area contributed by atoms with Gasteiger partial charge in [0.25, 0.3) is 11.8 Å². The molecule has 10 nitrogen and oxygen atoms in total. The van der Waals surface area contributed by atoms with E-state index in [4.69, 9.17) is 10.5 Å². The molecule has 194 valence electrons. The van der Waals surface area contributed by atoms with Gasteiger partial charge in [-0.15, -0.1) is 18.3 Å². The van der Waals surface area contributed by atoms with Gasteiger partial charge in [0, 0.05) is 24.3 Å². The molecular formula is C24H23F3N6O4. The average Bonchev–Trinajstić information content (AvgIpc) is 3.52. The number of nitrogens with zero attached hydrogens (tertiary/aromatic N) is 4. The van der Waals surface area contributed by atoms with Gasteiger partial charge in [-0.1, -0.05) is 0 Å². The molecule has 3 aromatic rings. The number of nitrogens with two attached hydrogens (primary N) is 1. The van der Waals surface area contributed by atoms with Gasteiger partial charge in [0.15, 0.2) is 11.5 Å². The van der Waals surface area contributed by atoms with Gasteiger partial charge in [-0.3, -0.25) is 9.59 Å². The van der Waals surface area contributed by atoms with Crippen LogP contribution in [0.5, 0.6) is 5.75 Å². The molecule has 1 atom stereocenters. The summed E-state index contributed by atoms with van der Waals surface area (Å²) in [6, 6.07) is 4.09. The number of ether oxygens (including phenoxy) is 2. The number of hydrogen-bond acceptors (Lipinski definition) is 7. The number of amides is 2. The highest BCUT2D eigenvalue weighted by Crippen LogP contribution is 2.42. The Labute approximate surface area is 208 Å². The first-order valence-corrected chi connectivity index (χ1v) is 11.9. The summed E-state index contributed by atoms with van der Waals surface area (Å²) in [5.41, 5.74) is 7.08. The lowest BCUT2D eigenvalue weighted by Crippen LogP contribution is -2.48. The number of halogens is 3. The normalized spacial score (nSPS) is 18.6. The van der Waals surface area contributed by atoms with Crippen LogP contribution in [0.4, 0.5) is 19.0 Å². The molecule has 1 saturated heterocycles. The zero-order valence-electron chi connectivity index (χ0n) is 19.7. The molecule has 3 N–H and O–H groups in total. The highest BCUT2D eigenvalue weighted by atomic mass is 19.4. The van der Waals surface area contributed by atoms with E-state index in [2.05, 4.69) is 20.1 Å². The SMILES string of the molecule is C[C@@H](C1CC1)N1Cc2cc(-c3ccn4nc(N)c(C(=O)NC5COC5)c4n3)cc(OC(F)(F)F)c2C1=O. The van der Waals surface area contributed by atoms with Crippen molar-refractivity contribution in [3.63, 3.8) is 0 Å². The van der Waals surface area contributed by atoms with Crippen LogP contribution in [-0.4, -0.2) is 63.0 Å². The van der Waals surface area contributed by atoms with Crippen molar-refractivity contribution in [1.29, 1.82) is 0 Å². The molecule has 4 heterocycles. The Hall–Kier alpha value is -3.87. The Bertz CT molecular complexity index is 1430. The molecule has 0 bridgehead atoms. The van der Waals surface area contributed by atoms with Crippen molar-refractivity contribution in [2.45, 2.75) is 44.8 Å². The fraction of sp³-hybridized carbons (Fsp3) is 0.417. The lowest BCUT2D eigenvalue weighted by atomic mass is 10.0. The van der Waals surface area contributed by atoms with Crippen molar-refractivity contribution in [3.05, 3.63) is 41.1 Å². The van der Waals surface area contributed by atoms with Crippen LogP contribution in [0.1, 0.15) is 46.0 Å². The topological polar surface area (TPSA) is 124 Å². The number of fused-ring (bicyclic) bond motifs is 2. The van der Waals surface area contributed by atoms with Crippen LogP contribution >= 0.6 is 0 Å². The summed E-state index contributed by atoms with van der Waals surface area (Å²) in [6.45, 7) is 2.85. The minimum Gasteiger partial charge on any atom is -0.405 e. The second-order valence-electron chi connectivity index (χ2n) is 9.62. The van der Waals surface area contributed by atoms with Crippen molar-refractivity contribution >= 4 is 23.3 Å². The summed E-state index contributed by atoms with van der Waals surface area (Å²) >= 11 is 0. The van der Waals surface area contributed by atoms with Crippen LogP contribution in [0.15, 0.2) is 24.4 Å². The van der Waals surface area contributed by atoms with E-state index in [0.29, 0.717) is 30.3 Å². The van der Waals surface area contributed by atoms with Gasteiger partial charge in [-0.05, 0) is 49.4 Å². The fourth-order valence-electron chi connectivity index (χ4n) is 4.86. The van der Waals surface area contributed by atoms with Gasteiger partial charge < -0.3 is 25.4 Å². The van der Waals surface area contributed by atoms with Crippen LogP contribution in [-0.2, 0) is 11.3 Å². The number of hydrogen-bond donors (Lipinski definition) is 2. The van der Waals surface area contributed by atoms with E-state index in [1.807, 2.05) is 6.92 Å². The predicted molar refractivity (Wildman–Crippen MR) is 124 cm³/mol. The van der Waals surface area contributed by atoms with E-state index in [-0.39, 0.29) is 46.9 Å². The number of nitrogen functional groups attached to an aromatic ring is 1. The number of anilines is 1. The van der Waals surface area contributed by atoms with Crippen LogP contribution < -0.4 is 15.8 Å². The Morgan fingerprint density at radius 1 is 1.30 bits per heavy atom. The largest absolute Gasteiger partial charge is 0.573 e. The molecule has 1 aliphatic carbocycles. The first-order chi connectivity index (χ1) is 17.6. The maximum absolute atomic E-state index is 13.3. The first-order valence-electron chi connectivity index (χ1n) is 11.9. The number of carbonyl (C=O) groups is 2. The van der Waals surface area contributed by atoms with Gasteiger partial charge >= 0.3 is 6.36 Å². The van der Waals surface area contributed by atoms with E-state index in [1.165, 1.54) is 10.7 Å². The summed E-state index contributed by atoms with van der Waals surface area (Å²) in [5, 5.41) is 6.91. The number of alkyl halides is 3. The maximum Gasteiger partial charge on any atom is 0.573 e. The van der Waals surface area contributed by atoms with Crippen molar-refractivity contribution in [2.24, 2.45) is 5.92 Å². The molecule has 3 aliphatic rings. The van der Waals surface area contributed by atoms with Gasteiger partial charge in [0.05, 0.1) is 30.5 Å². The number of benzene rings is 1. The molecule has 1 saturated carbocycles. The van der Waals surface area contributed by atoms with Gasteiger partial charge in [0.1, 0.15) is 11.3 Å². The van der Waals surface area contributed by atoms with Crippen molar-refractivity contribution in [1.82, 2.24) is 24.8 Å². The summed E-state index contributed by atoms with van der Waals surface area (Å²) in [6.07, 6.45) is -1.50. The van der Waals surface area contributed by atoms with E-state index < -0.39 is 23.9 Å². The molecule has 0 unspecified atom stereocenters. The molecular weight excluding hydrogens is 493 g/mol. The average molecular weight is 516 g/mol. The second kappa shape index (κ2) is 8.33. The summed E-state index contributed by atoms with van der Waals surface area (Å²) in [4.78, 5) is 32.0. The molecule has 2 aromatic heterocycles. The maximum atomic E-state index is 13.3. The predicted octanol–water partition coefficient (Wildman–Crippen LogP) is 2.76. The lowest BCUT2D eigenvalue weighted by molar-refractivity contribution is -0.274. The molecule has 0 radical (unpaired) electrons. The third-order valence-electron chi connectivity index (χ3n) is 7.03. The Kier molecular flexibility index (Phi) is 5.30. The minimum atomic E-state index is -4.99. The quantitative estimate of drug-likeness (QED) is 0.516. The lowest BCUT2D eigenvalue weighted by Gasteiger charge is -2.26. The summed E-state index contributed by atoms with van der Waals surface area (Å²) in [5.74, 6) is -1.22. The fourth-order valence-corrected chi connectivity index (χ4v) is 4.86. The van der Waals surface area contributed by atoms with E-state index in [9.17, 15) is 22.8 Å². The molecule has 2 fully saturated rings. The standard InChI is InChI=1S/C24H23F3N6O4/c1-11(12-2-3-12)32-8-14-6-13(7-17(18(14)23(32)35)37-24(25,26)27)16-4-5-33-21(30-16)19(20(28)31-33)22(34)29-15-9-36-10-15/h4-7,11-12,15H,2-3,8-10H2,1H3,(H2,28,31)(H,29,34)/t11-/m0/s1. The first kappa shape index (κ1) is 23.5. The van der Waals surface area contributed by atoms with Crippen LogP contribution in [0, 0.1) is 5.92 Å². The molecule has 13 heteroatoms. The van der Waals surface area contributed by atoms with Crippen LogP contribution in [0.25, 0.3) is 16.9 Å². The van der Waals surface area contributed by atoms with Crippen molar-refractivity contribution in [2.75, 3.05) is 18.9 Å². The molecule has 6 rings (SSSR count). The zero-order valence-corrected chi connectivity index (χ0v) is 19.7. The minimum absolute atomic E-state index is 0.0345. The second-order valence-corrected chi connectivity index (χ2v) is 9.62. The highest BCUT2D eigenvalue weighted by molar-refractivity contribution is 6.05. The van der Waals surface area contributed by atoms with Gasteiger partial charge in [-0.2, -0.15) is 0 Å². The van der Waals surface area contributed by atoms with E-state index in [1.54, 1.807) is 17.0 Å². The molecule has 2 amide bonds. The monoisotopic (exact) mass is 516 g/mol.